The molecule has 0 saturated carbocycles. The summed E-state index contributed by atoms with van der Waals surface area (Å²) in [6, 6.07) is 3.33. The van der Waals surface area contributed by atoms with E-state index in [0.29, 0.717) is 5.56 Å². The van der Waals surface area contributed by atoms with Crippen molar-refractivity contribution in [3.8, 4) is 5.75 Å². The Morgan fingerprint density at radius 3 is 2.71 bits per heavy atom. The maximum absolute atomic E-state index is 13.8. The van der Waals surface area contributed by atoms with E-state index < -0.39 is 47.6 Å². The van der Waals surface area contributed by atoms with Gasteiger partial charge in [0.2, 0.25) is 11.8 Å². The van der Waals surface area contributed by atoms with Crippen LogP contribution in [-0.2, 0) is 16.1 Å². The molecule has 1 aromatic heterocycles. The number of carbonyl (C=O) groups is 4. The van der Waals surface area contributed by atoms with Crippen LogP contribution in [0.3, 0.4) is 0 Å². The number of fused-ring (bicyclic) bond motifs is 1. The van der Waals surface area contributed by atoms with Gasteiger partial charge in [-0.2, -0.15) is 13.2 Å². The Bertz CT molecular complexity index is 1180. The predicted octanol–water partition coefficient (Wildman–Crippen LogP) is 1.88. The molecule has 0 bridgehead atoms. The van der Waals surface area contributed by atoms with Crippen molar-refractivity contribution in [2.45, 2.75) is 37.6 Å². The summed E-state index contributed by atoms with van der Waals surface area (Å²) < 4.78 is 46.3. The van der Waals surface area contributed by atoms with Crippen molar-refractivity contribution in [2.24, 2.45) is 0 Å². The van der Waals surface area contributed by atoms with Crippen LogP contribution in [0.1, 0.15) is 50.9 Å². The fraction of sp³-hybridized carbons (Fsp3) is 0.318. The third-order valence-electron chi connectivity index (χ3n) is 5.68. The van der Waals surface area contributed by atoms with Crippen LogP contribution in [0.4, 0.5) is 13.2 Å². The number of rotatable bonds is 5. The first-order chi connectivity index (χ1) is 16.1. The minimum absolute atomic E-state index is 0.0155. The molecule has 0 radical (unpaired) electrons. The fourth-order valence-electron chi connectivity index (χ4n) is 4.03. The molecule has 2 atom stereocenters. The molecule has 0 spiro atoms. The smallest absolute Gasteiger partial charge is 0.414 e. The van der Waals surface area contributed by atoms with Crippen LogP contribution in [0, 0.1) is 0 Å². The van der Waals surface area contributed by atoms with Crippen molar-refractivity contribution in [3.05, 3.63) is 58.9 Å². The Balaban J connectivity index is 1.56. The summed E-state index contributed by atoms with van der Waals surface area (Å²) in [5.41, 5.74) is 0.0355. The Morgan fingerprint density at radius 2 is 2.03 bits per heavy atom. The molecule has 4 rings (SSSR count). The molecule has 1 saturated heterocycles. The zero-order chi connectivity index (χ0) is 24.6. The first kappa shape index (κ1) is 23.2. The van der Waals surface area contributed by atoms with Crippen LogP contribution in [0.15, 0.2) is 36.5 Å². The number of imide groups is 1. The van der Waals surface area contributed by atoms with E-state index in [1.807, 2.05) is 5.32 Å². The van der Waals surface area contributed by atoms with E-state index in [9.17, 15) is 32.3 Å². The molecule has 34 heavy (non-hydrogen) atoms. The molecule has 0 aliphatic carbocycles. The average Bonchev–Trinajstić information content (AvgIpc) is 3.12. The van der Waals surface area contributed by atoms with Gasteiger partial charge in [0.25, 0.3) is 11.8 Å². The molecule has 12 heteroatoms. The number of hydrogen-bond acceptors (Lipinski definition) is 6. The molecule has 2 aromatic rings. The van der Waals surface area contributed by atoms with Crippen LogP contribution in [0.25, 0.3) is 0 Å². The number of piperidine rings is 1. The second-order valence-corrected chi connectivity index (χ2v) is 7.81. The van der Waals surface area contributed by atoms with Gasteiger partial charge >= 0.3 is 6.18 Å². The van der Waals surface area contributed by atoms with Gasteiger partial charge in [-0.15, -0.1) is 0 Å². The second kappa shape index (κ2) is 8.76. The quantitative estimate of drug-likeness (QED) is 0.637. The molecular weight excluding hydrogens is 457 g/mol. The highest BCUT2D eigenvalue weighted by Crippen LogP contribution is 2.36. The maximum Gasteiger partial charge on any atom is 0.414 e. The van der Waals surface area contributed by atoms with Crippen molar-refractivity contribution in [3.63, 3.8) is 0 Å². The highest BCUT2D eigenvalue weighted by atomic mass is 19.4. The van der Waals surface area contributed by atoms with E-state index >= 15 is 0 Å². The molecule has 2 N–H and O–H groups in total. The highest BCUT2D eigenvalue weighted by Gasteiger charge is 2.45. The molecule has 3 heterocycles. The van der Waals surface area contributed by atoms with Gasteiger partial charge in [0.15, 0.2) is 6.04 Å². The number of halogens is 3. The summed E-state index contributed by atoms with van der Waals surface area (Å²) >= 11 is 0. The number of pyridine rings is 1. The number of carbonyl (C=O) groups excluding carboxylic acids is 4. The normalized spacial score (nSPS) is 18.9. The van der Waals surface area contributed by atoms with E-state index in [2.05, 4.69) is 10.3 Å². The number of ether oxygens (including phenoxy) is 1. The van der Waals surface area contributed by atoms with Crippen molar-refractivity contribution < 1.29 is 37.1 Å². The lowest BCUT2D eigenvalue weighted by molar-refractivity contribution is -0.156. The van der Waals surface area contributed by atoms with Crippen molar-refractivity contribution in [1.29, 1.82) is 0 Å². The van der Waals surface area contributed by atoms with Gasteiger partial charge in [-0.25, -0.2) is 0 Å². The summed E-state index contributed by atoms with van der Waals surface area (Å²) in [5, 5.41) is 4.13. The zero-order valence-electron chi connectivity index (χ0n) is 17.8. The number of nitrogens with zero attached hydrogens (tertiary/aromatic N) is 2. The summed E-state index contributed by atoms with van der Waals surface area (Å²) in [7, 11) is 1.20. The van der Waals surface area contributed by atoms with E-state index in [1.165, 1.54) is 42.3 Å². The predicted molar refractivity (Wildman–Crippen MR) is 110 cm³/mol. The van der Waals surface area contributed by atoms with Gasteiger partial charge in [0.1, 0.15) is 17.5 Å². The second-order valence-electron chi connectivity index (χ2n) is 7.81. The number of benzene rings is 1. The van der Waals surface area contributed by atoms with E-state index in [1.54, 1.807) is 0 Å². The molecule has 178 valence electrons. The summed E-state index contributed by atoms with van der Waals surface area (Å²) in [4.78, 5) is 54.1. The molecule has 2 aliphatic rings. The van der Waals surface area contributed by atoms with E-state index in [-0.39, 0.29) is 36.3 Å². The van der Waals surface area contributed by atoms with Gasteiger partial charge in [-0.1, -0.05) is 0 Å². The van der Waals surface area contributed by atoms with E-state index in [0.717, 1.165) is 6.20 Å². The number of amides is 4. The van der Waals surface area contributed by atoms with Gasteiger partial charge in [-0.3, -0.25) is 29.5 Å². The number of nitrogens with one attached hydrogen (secondary N) is 2. The fourth-order valence-corrected chi connectivity index (χ4v) is 4.03. The Kier molecular flexibility index (Phi) is 5.98. The average molecular weight is 476 g/mol. The standard InChI is InChI=1S/C22H19F3N4O5/c1-34-15-3-2-8-26-17(15)18(22(23,24)25)28-19(31)11-4-5-13-12(9-11)10-29(21(13)33)14-6-7-16(30)27-20(14)32/h2-5,8-9,14,18H,6-7,10H2,1H3,(H,28,31)(H,27,30,32). The van der Waals surface area contributed by atoms with Crippen LogP contribution in [-0.4, -0.2) is 52.8 Å². The molecule has 9 nitrogen and oxygen atoms in total. The SMILES string of the molecule is COc1cccnc1C(NC(=O)c1ccc2c(c1)CN(C1CCC(=O)NC1=O)C2=O)C(F)(F)F. The molecule has 2 aliphatic heterocycles. The van der Waals surface area contributed by atoms with Crippen LogP contribution in [0.2, 0.25) is 0 Å². The molecule has 2 unspecified atom stereocenters. The Morgan fingerprint density at radius 1 is 1.26 bits per heavy atom. The number of alkyl halides is 3. The lowest BCUT2D eigenvalue weighted by Crippen LogP contribution is -2.52. The monoisotopic (exact) mass is 476 g/mol. The first-order valence-corrected chi connectivity index (χ1v) is 10.2. The van der Waals surface area contributed by atoms with Gasteiger partial charge < -0.3 is 15.0 Å². The van der Waals surface area contributed by atoms with Gasteiger partial charge in [0, 0.05) is 30.3 Å². The Hall–Kier alpha value is -3.96. The summed E-state index contributed by atoms with van der Waals surface area (Å²) in [5.74, 6) is -2.63. The lowest BCUT2D eigenvalue weighted by atomic mass is 10.0. The molecule has 1 fully saturated rings. The minimum Gasteiger partial charge on any atom is -0.495 e. The van der Waals surface area contributed by atoms with Crippen molar-refractivity contribution >= 4 is 23.6 Å². The van der Waals surface area contributed by atoms with Gasteiger partial charge in [-0.05, 0) is 42.3 Å². The number of methoxy groups -OCH3 is 1. The highest BCUT2D eigenvalue weighted by molar-refractivity contribution is 6.06. The topological polar surface area (TPSA) is 118 Å². The maximum atomic E-state index is 13.8. The third-order valence-corrected chi connectivity index (χ3v) is 5.68. The minimum atomic E-state index is -4.85. The Labute approximate surface area is 191 Å². The zero-order valence-corrected chi connectivity index (χ0v) is 17.8. The van der Waals surface area contributed by atoms with E-state index in [4.69, 9.17) is 4.74 Å². The largest absolute Gasteiger partial charge is 0.495 e. The summed E-state index contributed by atoms with van der Waals surface area (Å²) in [6.45, 7) is -0.0155. The lowest BCUT2D eigenvalue weighted by Gasteiger charge is -2.29. The first-order valence-electron chi connectivity index (χ1n) is 10.2. The molecule has 4 amide bonds. The third kappa shape index (κ3) is 4.30. The number of hydrogen-bond donors (Lipinski definition) is 2. The summed E-state index contributed by atoms with van der Waals surface area (Å²) in [6.07, 6.45) is -3.45. The van der Waals surface area contributed by atoms with Gasteiger partial charge in [0.05, 0.1) is 7.11 Å². The molecule has 1 aromatic carbocycles. The van der Waals surface area contributed by atoms with Crippen molar-refractivity contribution in [1.82, 2.24) is 20.5 Å². The molecular formula is C22H19F3N4O5. The van der Waals surface area contributed by atoms with Crippen LogP contribution >= 0.6 is 0 Å². The van der Waals surface area contributed by atoms with Crippen LogP contribution in [0.5, 0.6) is 5.75 Å². The van der Waals surface area contributed by atoms with Crippen LogP contribution < -0.4 is 15.4 Å². The van der Waals surface area contributed by atoms with Crippen molar-refractivity contribution in [2.75, 3.05) is 7.11 Å². The number of aromatic nitrogens is 1.